The molecule has 0 radical (unpaired) electrons. The van der Waals surface area contributed by atoms with Crippen molar-refractivity contribution in [1.29, 1.82) is 0 Å². The van der Waals surface area contributed by atoms with E-state index in [2.05, 4.69) is 9.84 Å². The van der Waals surface area contributed by atoms with E-state index in [1.807, 2.05) is 30.3 Å². The summed E-state index contributed by atoms with van der Waals surface area (Å²) < 4.78 is 40.2. The molecule has 0 saturated carbocycles. The second kappa shape index (κ2) is 8.47. The first-order chi connectivity index (χ1) is 12.9. The van der Waals surface area contributed by atoms with Gasteiger partial charge in [-0.3, -0.25) is 4.79 Å². The topological polar surface area (TPSA) is 41.9 Å². The van der Waals surface area contributed by atoms with Gasteiger partial charge >= 0.3 is 6.36 Å². The van der Waals surface area contributed by atoms with Gasteiger partial charge in [-0.1, -0.05) is 42.5 Å². The molecule has 0 aliphatic carbocycles. The minimum Gasteiger partial charge on any atom is -0.406 e. The summed E-state index contributed by atoms with van der Waals surface area (Å²) >= 11 is 1.39. The van der Waals surface area contributed by atoms with E-state index in [9.17, 15) is 18.0 Å². The van der Waals surface area contributed by atoms with Crippen molar-refractivity contribution in [3.05, 3.63) is 65.7 Å². The van der Waals surface area contributed by atoms with Crippen LogP contribution < -0.4 is 4.74 Å². The Hall–Kier alpha value is -2.48. The lowest BCUT2D eigenvalue weighted by Gasteiger charge is -2.11. The lowest BCUT2D eigenvalue weighted by Crippen LogP contribution is -2.25. The first kappa shape index (κ1) is 19.3. The fraction of sp³-hybridized carbons (Fsp3) is 0.263. The Labute approximate surface area is 159 Å². The van der Waals surface area contributed by atoms with Gasteiger partial charge in [-0.05, 0) is 23.3 Å². The molecule has 0 atom stereocenters. The van der Waals surface area contributed by atoms with Crippen LogP contribution in [-0.4, -0.2) is 35.3 Å². The Morgan fingerprint density at radius 2 is 1.81 bits per heavy atom. The van der Waals surface area contributed by atoms with E-state index in [0.717, 1.165) is 23.3 Å². The number of hydrazone groups is 1. The number of nitrogens with zero attached hydrogens (tertiary/aromatic N) is 2. The summed E-state index contributed by atoms with van der Waals surface area (Å²) in [6, 6.07) is 15.4. The number of ether oxygens (including phenoxy) is 1. The quantitative estimate of drug-likeness (QED) is 0.727. The molecule has 0 saturated heterocycles. The largest absolute Gasteiger partial charge is 0.573 e. The highest BCUT2D eigenvalue weighted by Gasteiger charge is 2.31. The Morgan fingerprint density at radius 1 is 1.11 bits per heavy atom. The fourth-order valence-corrected chi connectivity index (χ4v) is 3.44. The lowest BCUT2D eigenvalue weighted by molar-refractivity contribution is -0.274. The van der Waals surface area contributed by atoms with Crippen LogP contribution in [0.3, 0.4) is 0 Å². The number of benzene rings is 2. The summed E-state index contributed by atoms with van der Waals surface area (Å²) in [5.41, 5.74) is 2.73. The second-order valence-corrected chi connectivity index (χ2v) is 6.85. The molecule has 0 aromatic heterocycles. The zero-order valence-corrected chi connectivity index (χ0v) is 15.1. The average Bonchev–Trinajstić information content (AvgIpc) is 3.13. The van der Waals surface area contributed by atoms with Gasteiger partial charge in [-0.25, -0.2) is 5.01 Å². The van der Waals surface area contributed by atoms with Gasteiger partial charge in [0.2, 0.25) is 0 Å². The molecule has 1 amide bonds. The summed E-state index contributed by atoms with van der Waals surface area (Å²) in [5.74, 6) is 0.433. The van der Waals surface area contributed by atoms with Crippen molar-refractivity contribution < 1.29 is 22.7 Å². The van der Waals surface area contributed by atoms with Gasteiger partial charge in [0.25, 0.3) is 5.91 Å². The van der Waals surface area contributed by atoms with Crippen LogP contribution in [0.4, 0.5) is 13.2 Å². The number of hydrogen-bond acceptors (Lipinski definition) is 4. The van der Waals surface area contributed by atoms with Gasteiger partial charge in [0.05, 0.1) is 18.0 Å². The van der Waals surface area contributed by atoms with Crippen molar-refractivity contribution in [3.8, 4) is 5.75 Å². The van der Waals surface area contributed by atoms with Gasteiger partial charge in [0.15, 0.2) is 0 Å². The zero-order valence-electron chi connectivity index (χ0n) is 14.3. The van der Waals surface area contributed by atoms with Crippen LogP contribution in [-0.2, 0) is 10.5 Å². The third-order valence-corrected chi connectivity index (χ3v) is 4.84. The van der Waals surface area contributed by atoms with E-state index in [4.69, 9.17) is 0 Å². The molecule has 2 aromatic rings. The number of rotatable bonds is 6. The molecule has 0 unspecified atom stereocenters. The van der Waals surface area contributed by atoms with Crippen molar-refractivity contribution in [1.82, 2.24) is 5.01 Å². The maximum atomic E-state index is 12.3. The molecule has 4 nitrogen and oxygen atoms in total. The van der Waals surface area contributed by atoms with Gasteiger partial charge in [0.1, 0.15) is 5.75 Å². The fourth-order valence-electron chi connectivity index (χ4n) is 2.59. The lowest BCUT2D eigenvalue weighted by atomic mass is 10.1. The summed E-state index contributed by atoms with van der Waals surface area (Å²) in [6.45, 7) is 0.563. The number of carbonyl (C=O) groups excluding carboxylic acids is 1. The van der Waals surface area contributed by atoms with Gasteiger partial charge in [-0.2, -0.15) is 5.10 Å². The summed E-state index contributed by atoms with van der Waals surface area (Å²) in [5, 5.41) is 5.88. The van der Waals surface area contributed by atoms with Crippen molar-refractivity contribution in [2.45, 2.75) is 18.5 Å². The minimum absolute atomic E-state index is 0.0806. The van der Waals surface area contributed by atoms with Gasteiger partial charge in [0, 0.05) is 12.2 Å². The maximum Gasteiger partial charge on any atom is 0.573 e. The first-order valence-electron chi connectivity index (χ1n) is 8.26. The monoisotopic (exact) mass is 394 g/mol. The Morgan fingerprint density at radius 3 is 2.48 bits per heavy atom. The molecular formula is C19H17F3N2O2S. The number of hydrogen-bond donors (Lipinski definition) is 0. The van der Waals surface area contributed by atoms with Crippen molar-refractivity contribution >= 4 is 23.4 Å². The molecular weight excluding hydrogens is 377 g/mol. The van der Waals surface area contributed by atoms with Crippen LogP contribution in [0.25, 0.3) is 0 Å². The van der Waals surface area contributed by atoms with E-state index >= 15 is 0 Å². The molecule has 8 heteroatoms. The van der Waals surface area contributed by atoms with Crippen molar-refractivity contribution in [2.24, 2.45) is 5.10 Å². The highest BCUT2D eigenvalue weighted by atomic mass is 32.2. The predicted molar refractivity (Wildman–Crippen MR) is 98.6 cm³/mol. The maximum absolute atomic E-state index is 12.3. The van der Waals surface area contributed by atoms with Crippen LogP contribution in [0.2, 0.25) is 0 Å². The van der Waals surface area contributed by atoms with Gasteiger partial charge in [-0.15, -0.1) is 24.9 Å². The Balaban J connectivity index is 1.47. The SMILES string of the molecule is O=C(CSCc1ccc(OC(F)(F)F)cc1)N1CCC(c2ccccc2)=N1. The molecule has 27 heavy (non-hydrogen) atoms. The van der Waals surface area contributed by atoms with E-state index in [-0.39, 0.29) is 17.4 Å². The zero-order chi connectivity index (χ0) is 19.3. The third kappa shape index (κ3) is 5.75. The number of amides is 1. The molecule has 142 valence electrons. The summed E-state index contributed by atoms with van der Waals surface area (Å²) in [7, 11) is 0. The summed E-state index contributed by atoms with van der Waals surface area (Å²) in [4.78, 5) is 12.3. The summed E-state index contributed by atoms with van der Waals surface area (Å²) in [6.07, 6.45) is -3.97. The van der Waals surface area contributed by atoms with E-state index in [1.165, 1.54) is 28.9 Å². The molecule has 2 aromatic carbocycles. The van der Waals surface area contributed by atoms with Crippen LogP contribution in [0.5, 0.6) is 5.75 Å². The minimum atomic E-state index is -4.70. The molecule has 1 aliphatic heterocycles. The highest BCUT2D eigenvalue weighted by Crippen LogP contribution is 2.24. The molecule has 1 heterocycles. The molecule has 0 fully saturated rings. The number of alkyl halides is 3. The second-order valence-electron chi connectivity index (χ2n) is 5.86. The van der Waals surface area contributed by atoms with Crippen LogP contribution >= 0.6 is 11.8 Å². The normalized spacial score (nSPS) is 14.2. The van der Waals surface area contributed by atoms with Crippen LogP contribution in [0, 0.1) is 0 Å². The molecule has 0 spiro atoms. The molecule has 0 bridgehead atoms. The van der Waals surface area contributed by atoms with Crippen LogP contribution in [0.1, 0.15) is 17.5 Å². The van der Waals surface area contributed by atoms with Crippen LogP contribution in [0.15, 0.2) is 59.7 Å². The number of thioether (sulfide) groups is 1. The molecule has 1 aliphatic rings. The standard InChI is InChI=1S/C19H17F3N2O2S/c20-19(21,22)26-16-8-6-14(7-9-16)12-27-13-18(25)24-11-10-17(23-24)15-4-2-1-3-5-15/h1-9H,10-13H2. The smallest absolute Gasteiger partial charge is 0.406 e. The first-order valence-corrected chi connectivity index (χ1v) is 9.42. The highest BCUT2D eigenvalue weighted by molar-refractivity contribution is 7.99. The van der Waals surface area contributed by atoms with E-state index in [0.29, 0.717) is 12.3 Å². The van der Waals surface area contributed by atoms with Crippen molar-refractivity contribution in [3.63, 3.8) is 0 Å². The number of carbonyl (C=O) groups is 1. The van der Waals surface area contributed by atoms with E-state index in [1.54, 1.807) is 12.1 Å². The van der Waals surface area contributed by atoms with E-state index < -0.39 is 6.36 Å². The predicted octanol–water partition coefficient (Wildman–Crippen LogP) is 4.46. The molecule has 0 N–H and O–H groups in total. The Kier molecular flexibility index (Phi) is 6.05. The Bertz CT molecular complexity index is 808. The molecule has 3 rings (SSSR count). The number of halogens is 3. The van der Waals surface area contributed by atoms with Gasteiger partial charge < -0.3 is 4.74 Å². The third-order valence-electron chi connectivity index (χ3n) is 3.85. The van der Waals surface area contributed by atoms with Crippen molar-refractivity contribution in [2.75, 3.05) is 12.3 Å². The average molecular weight is 394 g/mol.